The van der Waals surface area contributed by atoms with Crippen LogP contribution < -0.4 is 9.47 Å². The number of ether oxygens (including phenoxy) is 3. The third-order valence-corrected chi connectivity index (χ3v) is 5.09. The third kappa shape index (κ3) is 6.80. The minimum absolute atomic E-state index is 0.0828. The molecule has 0 bridgehead atoms. The van der Waals surface area contributed by atoms with Crippen LogP contribution in [0, 0.1) is 5.82 Å². The van der Waals surface area contributed by atoms with Gasteiger partial charge in [0.1, 0.15) is 29.6 Å². The van der Waals surface area contributed by atoms with Crippen molar-refractivity contribution < 1.29 is 36.6 Å². The molecule has 0 amide bonds. The van der Waals surface area contributed by atoms with Crippen LogP contribution in [0.25, 0.3) is 16.8 Å². The van der Waals surface area contributed by atoms with Gasteiger partial charge in [-0.2, -0.15) is 13.2 Å². The molecule has 0 atom stereocenters. The van der Waals surface area contributed by atoms with Crippen LogP contribution in [0.5, 0.6) is 11.5 Å². The molecule has 0 fully saturated rings. The number of alkyl halides is 3. The van der Waals surface area contributed by atoms with Crippen molar-refractivity contribution >= 4 is 11.5 Å². The Morgan fingerprint density at radius 3 is 2.58 bits per heavy atom. The van der Waals surface area contributed by atoms with E-state index in [1.54, 1.807) is 25.1 Å². The maximum atomic E-state index is 14.5. The lowest BCUT2D eigenvalue weighted by atomic mass is 10.0. The Morgan fingerprint density at radius 2 is 1.89 bits per heavy atom. The number of hydrogen-bond donors (Lipinski definition) is 0. The van der Waals surface area contributed by atoms with E-state index in [0.717, 1.165) is 11.6 Å². The molecule has 0 saturated heterocycles. The quantitative estimate of drug-likeness (QED) is 0.251. The van der Waals surface area contributed by atoms with Crippen molar-refractivity contribution in [2.24, 2.45) is 0 Å². The molecular weight excluding hydrogens is 480 g/mol. The van der Waals surface area contributed by atoms with Crippen LogP contribution in [-0.4, -0.2) is 35.8 Å². The lowest BCUT2D eigenvalue weighted by Crippen LogP contribution is -2.14. The molecule has 0 unspecified atom stereocenters. The highest BCUT2D eigenvalue weighted by molar-refractivity contribution is 5.78. The summed E-state index contributed by atoms with van der Waals surface area (Å²) in [7, 11) is 1.35. The molecule has 190 valence electrons. The number of carbonyl (C=O) groups is 1. The van der Waals surface area contributed by atoms with Gasteiger partial charge in [-0.25, -0.2) is 9.37 Å². The van der Waals surface area contributed by atoms with Gasteiger partial charge in [0.05, 0.1) is 36.9 Å². The van der Waals surface area contributed by atoms with E-state index in [2.05, 4.69) is 16.5 Å². The van der Waals surface area contributed by atoms with Crippen molar-refractivity contribution in [3.05, 3.63) is 78.0 Å². The molecule has 3 rings (SSSR count). The van der Waals surface area contributed by atoms with Gasteiger partial charge in [0.2, 0.25) is 0 Å². The summed E-state index contributed by atoms with van der Waals surface area (Å²) in [5.74, 6) is -0.432. The number of esters is 1. The van der Waals surface area contributed by atoms with Crippen LogP contribution in [-0.2, 0) is 22.6 Å². The molecule has 0 spiro atoms. The molecule has 0 aliphatic rings. The molecule has 1 aromatic heterocycles. The molecule has 0 N–H and O–H groups in total. The number of carbonyl (C=O) groups excluding carboxylic acids is 1. The number of methoxy groups -OCH3 is 1. The second-order valence-corrected chi connectivity index (χ2v) is 7.62. The van der Waals surface area contributed by atoms with E-state index in [1.807, 2.05) is 6.07 Å². The van der Waals surface area contributed by atoms with Gasteiger partial charge < -0.3 is 14.2 Å². The number of nitrogens with zero attached hydrogens (tertiary/aromatic N) is 2. The van der Waals surface area contributed by atoms with Crippen molar-refractivity contribution in [3.63, 3.8) is 0 Å². The van der Waals surface area contributed by atoms with Crippen LogP contribution in [0.4, 0.5) is 17.6 Å². The van der Waals surface area contributed by atoms with Crippen LogP contribution in [0.3, 0.4) is 0 Å². The molecule has 2 aromatic carbocycles. The first-order valence-corrected chi connectivity index (χ1v) is 11.0. The van der Waals surface area contributed by atoms with Crippen molar-refractivity contribution in [3.8, 4) is 22.8 Å². The van der Waals surface area contributed by atoms with Crippen LogP contribution in [0.2, 0.25) is 0 Å². The zero-order valence-electron chi connectivity index (χ0n) is 19.7. The van der Waals surface area contributed by atoms with E-state index in [-0.39, 0.29) is 41.7 Å². The summed E-state index contributed by atoms with van der Waals surface area (Å²) < 4.78 is 70.8. The second-order valence-electron chi connectivity index (χ2n) is 7.62. The first-order valence-electron chi connectivity index (χ1n) is 11.0. The summed E-state index contributed by atoms with van der Waals surface area (Å²) in [6, 6.07) is 10.6. The molecule has 1 heterocycles. The van der Waals surface area contributed by atoms with Gasteiger partial charge in [0.15, 0.2) is 0 Å². The predicted molar refractivity (Wildman–Crippen MR) is 125 cm³/mol. The molecular formula is C26H24F4N2O4. The van der Waals surface area contributed by atoms with E-state index >= 15 is 0 Å². The zero-order chi connectivity index (χ0) is 26.3. The van der Waals surface area contributed by atoms with Gasteiger partial charge in [-0.1, -0.05) is 18.7 Å². The Bertz CT molecular complexity index is 1240. The topological polar surface area (TPSA) is 70.5 Å². The van der Waals surface area contributed by atoms with Crippen molar-refractivity contribution in [1.82, 2.24) is 9.97 Å². The Kier molecular flexibility index (Phi) is 8.63. The van der Waals surface area contributed by atoms with Crippen molar-refractivity contribution in [2.75, 3.05) is 13.7 Å². The van der Waals surface area contributed by atoms with Gasteiger partial charge in [0, 0.05) is 12.0 Å². The van der Waals surface area contributed by atoms with Crippen LogP contribution in [0.15, 0.2) is 55.2 Å². The highest BCUT2D eigenvalue weighted by atomic mass is 19.4. The van der Waals surface area contributed by atoms with Crippen LogP contribution in [0.1, 0.15) is 30.3 Å². The van der Waals surface area contributed by atoms with Crippen molar-refractivity contribution in [1.29, 1.82) is 0 Å². The van der Waals surface area contributed by atoms with E-state index in [4.69, 9.17) is 14.2 Å². The maximum Gasteiger partial charge on any atom is 0.417 e. The molecule has 10 heteroatoms. The molecule has 0 aliphatic carbocycles. The summed E-state index contributed by atoms with van der Waals surface area (Å²) in [4.78, 5) is 19.7. The standard InChI is InChI=1S/C26H24F4N2O4/c1-4-35-23(33)11-8-17-6-5-7-20(12-17)36-15-18-14-31-25(24(32-18)16(2)26(28,29)30)21-13-19(34-3)9-10-22(21)27/h5-7,9-10,12-14H,2,4,8,11,15H2,1,3H3. The number of benzene rings is 2. The summed E-state index contributed by atoms with van der Waals surface area (Å²) >= 11 is 0. The Balaban J connectivity index is 1.85. The number of allylic oxidation sites excluding steroid dienone is 1. The number of halogens is 4. The molecule has 6 nitrogen and oxygen atoms in total. The SMILES string of the molecule is C=C(c1nc(COc2cccc(CCC(=O)OCC)c2)cnc1-c1cc(OC)ccc1F)C(F)(F)F. The highest BCUT2D eigenvalue weighted by Crippen LogP contribution is 2.37. The van der Waals surface area contributed by atoms with Crippen LogP contribution >= 0.6 is 0 Å². The van der Waals surface area contributed by atoms with Crippen molar-refractivity contribution in [2.45, 2.75) is 32.5 Å². The Labute approximate surface area is 205 Å². The van der Waals surface area contributed by atoms with E-state index in [0.29, 0.717) is 18.8 Å². The lowest BCUT2D eigenvalue weighted by Gasteiger charge is -2.16. The number of aryl methyl sites for hydroxylation is 1. The third-order valence-electron chi connectivity index (χ3n) is 5.09. The smallest absolute Gasteiger partial charge is 0.417 e. The minimum atomic E-state index is -4.81. The van der Waals surface area contributed by atoms with Gasteiger partial charge in [-0.3, -0.25) is 9.78 Å². The highest BCUT2D eigenvalue weighted by Gasteiger charge is 2.36. The zero-order valence-corrected chi connectivity index (χ0v) is 19.7. The van der Waals surface area contributed by atoms with Gasteiger partial charge in [0.25, 0.3) is 0 Å². The summed E-state index contributed by atoms with van der Waals surface area (Å²) in [6.45, 7) is 4.94. The molecule has 36 heavy (non-hydrogen) atoms. The first kappa shape index (κ1) is 26.7. The fourth-order valence-electron chi connectivity index (χ4n) is 3.28. The fourth-order valence-corrected chi connectivity index (χ4v) is 3.28. The lowest BCUT2D eigenvalue weighted by molar-refractivity contribution is -0.143. The van der Waals surface area contributed by atoms with E-state index in [9.17, 15) is 22.4 Å². The van der Waals surface area contributed by atoms with Gasteiger partial charge >= 0.3 is 12.1 Å². The largest absolute Gasteiger partial charge is 0.497 e. The Morgan fingerprint density at radius 1 is 1.11 bits per heavy atom. The molecule has 0 radical (unpaired) electrons. The minimum Gasteiger partial charge on any atom is -0.497 e. The number of aromatic nitrogens is 2. The Hall–Kier alpha value is -3.95. The normalized spacial score (nSPS) is 11.2. The number of hydrogen-bond acceptors (Lipinski definition) is 6. The molecule has 0 aliphatic heterocycles. The fraction of sp³-hybridized carbons (Fsp3) is 0.269. The monoisotopic (exact) mass is 504 g/mol. The first-order chi connectivity index (χ1) is 17.1. The van der Waals surface area contributed by atoms with Gasteiger partial charge in [-0.15, -0.1) is 0 Å². The number of rotatable bonds is 10. The summed E-state index contributed by atoms with van der Waals surface area (Å²) in [5, 5.41) is 0. The molecule has 0 saturated carbocycles. The maximum absolute atomic E-state index is 14.5. The summed E-state index contributed by atoms with van der Waals surface area (Å²) in [6.07, 6.45) is -2.96. The van der Waals surface area contributed by atoms with E-state index in [1.165, 1.54) is 25.4 Å². The predicted octanol–water partition coefficient (Wildman–Crippen LogP) is 5.94. The summed E-state index contributed by atoms with van der Waals surface area (Å²) in [5.41, 5.74) is -1.50. The second kappa shape index (κ2) is 11.7. The molecule has 3 aromatic rings. The van der Waals surface area contributed by atoms with E-state index < -0.39 is 23.3 Å². The van der Waals surface area contributed by atoms with Gasteiger partial charge in [-0.05, 0) is 49.2 Å². The average molecular weight is 504 g/mol. The average Bonchev–Trinajstić information content (AvgIpc) is 2.86.